The fraction of sp³-hybridized carbons (Fsp3) is 0.647. The number of nitrogens with two attached hydrogens (primary N) is 1. The van der Waals surface area contributed by atoms with Crippen LogP contribution in [0, 0.1) is 0 Å². The molecule has 19 heavy (non-hydrogen) atoms. The van der Waals surface area contributed by atoms with Gasteiger partial charge in [0.25, 0.3) is 0 Å². The third-order valence-electron chi connectivity index (χ3n) is 4.32. The van der Waals surface area contributed by atoms with Gasteiger partial charge in [0.1, 0.15) is 0 Å². The molecule has 1 saturated heterocycles. The third kappa shape index (κ3) is 3.80. The fourth-order valence-corrected chi connectivity index (χ4v) is 3.41. The topological polar surface area (TPSA) is 29.3 Å². The molecular formula is C17H28N2. The summed E-state index contributed by atoms with van der Waals surface area (Å²) in [7, 11) is 0. The van der Waals surface area contributed by atoms with E-state index in [1.165, 1.54) is 44.2 Å². The summed E-state index contributed by atoms with van der Waals surface area (Å²) in [6, 6.07) is 12.3. The first-order chi connectivity index (χ1) is 9.36. The minimum atomic E-state index is 0.586. The monoisotopic (exact) mass is 260 g/mol. The van der Waals surface area contributed by atoms with Gasteiger partial charge in [-0.3, -0.25) is 4.90 Å². The molecule has 106 valence electrons. The number of nitrogens with zero attached hydrogens (tertiary/aromatic N) is 1. The second-order valence-electron chi connectivity index (χ2n) is 5.68. The highest BCUT2D eigenvalue weighted by atomic mass is 15.2. The standard InChI is InChI=1S/C17H28N2/c1-2-8-17(15-9-4-3-5-10-15)19-14-7-6-11-16(19)12-13-18/h3-5,9-10,16-17H,2,6-8,11-14,18H2,1H3. The molecule has 2 nitrogen and oxygen atoms in total. The Balaban J connectivity index is 2.16. The first-order valence-corrected chi connectivity index (χ1v) is 7.87. The normalized spacial score (nSPS) is 22.3. The molecule has 2 heteroatoms. The highest BCUT2D eigenvalue weighted by Gasteiger charge is 2.28. The van der Waals surface area contributed by atoms with Crippen LogP contribution in [0.25, 0.3) is 0 Å². The zero-order valence-corrected chi connectivity index (χ0v) is 12.2. The lowest BCUT2D eigenvalue weighted by Crippen LogP contribution is -2.43. The van der Waals surface area contributed by atoms with Crippen LogP contribution in [-0.4, -0.2) is 24.0 Å². The lowest BCUT2D eigenvalue weighted by molar-refractivity contribution is 0.0841. The molecule has 0 spiro atoms. The molecule has 2 unspecified atom stereocenters. The van der Waals surface area contributed by atoms with Crippen LogP contribution in [0.4, 0.5) is 0 Å². The Kier molecular flexibility index (Phi) is 5.87. The van der Waals surface area contributed by atoms with Crippen molar-refractivity contribution in [1.29, 1.82) is 0 Å². The second kappa shape index (κ2) is 7.66. The lowest BCUT2D eigenvalue weighted by Gasteiger charge is -2.41. The second-order valence-corrected chi connectivity index (χ2v) is 5.68. The van der Waals surface area contributed by atoms with Crippen molar-refractivity contribution in [3.63, 3.8) is 0 Å². The van der Waals surface area contributed by atoms with Crippen LogP contribution in [0.15, 0.2) is 30.3 Å². The predicted molar refractivity (Wildman–Crippen MR) is 82.1 cm³/mol. The molecular weight excluding hydrogens is 232 g/mol. The largest absolute Gasteiger partial charge is 0.330 e. The smallest absolute Gasteiger partial charge is 0.0350 e. The van der Waals surface area contributed by atoms with Gasteiger partial charge in [-0.15, -0.1) is 0 Å². The number of likely N-dealkylation sites (tertiary alicyclic amines) is 1. The zero-order chi connectivity index (χ0) is 13.5. The van der Waals surface area contributed by atoms with Gasteiger partial charge in [0.05, 0.1) is 0 Å². The van der Waals surface area contributed by atoms with Crippen LogP contribution in [0.2, 0.25) is 0 Å². The van der Waals surface area contributed by atoms with E-state index in [4.69, 9.17) is 5.73 Å². The van der Waals surface area contributed by atoms with Crippen LogP contribution in [0.1, 0.15) is 57.1 Å². The highest BCUT2D eigenvalue weighted by molar-refractivity contribution is 5.19. The van der Waals surface area contributed by atoms with E-state index >= 15 is 0 Å². The van der Waals surface area contributed by atoms with E-state index in [9.17, 15) is 0 Å². The van der Waals surface area contributed by atoms with E-state index in [0.717, 1.165) is 13.0 Å². The maximum absolute atomic E-state index is 5.81. The molecule has 0 amide bonds. The van der Waals surface area contributed by atoms with E-state index in [1.54, 1.807) is 0 Å². The molecule has 0 aliphatic carbocycles. The van der Waals surface area contributed by atoms with Crippen LogP contribution in [0.3, 0.4) is 0 Å². The molecule has 2 N–H and O–H groups in total. The summed E-state index contributed by atoms with van der Waals surface area (Å²) >= 11 is 0. The zero-order valence-electron chi connectivity index (χ0n) is 12.2. The van der Waals surface area contributed by atoms with Crippen molar-refractivity contribution in [2.75, 3.05) is 13.1 Å². The van der Waals surface area contributed by atoms with E-state index in [-0.39, 0.29) is 0 Å². The summed E-state index contributed by atoms with van der Waals surface area (Å²) in [4.78, 5) is 2.73. The summed E-state index contributed by atoms with van der Waals surface area (Å²) in [5.74, 6) is 0. The maximum Gasteiger partial charge on any atom is 0.0350 e. The number of rotatable bonds is 6. The molecule has 2 atom stereocenters. The number of benzene rings is 1. The fourth-order valence-electron chi connectivity index (χ4n) is 3.41. The summed E-state index contributed by atoms with van der Waals surface area (Å²) in [6.07, 6.45) is 7.68. The van der Waals surface area contributed by atoms with E-state index < -0.39 is 0 Å². The van der Waals surface area contributed by atoms with Gasteiger partial charge in [0.2, 0.25) is 0 Å². The minimum Gasteiger partial charge on any atom is -0.330 e. The molecule has 0 aromatic heterocycles. The van der Waals surface area contributed by atoms with Gasteiger partial charge in [0, 0.05) is 12.1 Å². The van der Waals surface area contributed by atoms with Gasteiger partial charge in [-0.05, 0) is 44.3 Å². The Morgan fingerprint density at radius 3 is 2.74 bits per heavy atom. The predicted octanol–water partition coefficient (Wildman–Crippen LogP) is 3.73. The van der Waals surface area contributed by atoms with Crippen LogP contribution in [-0.2, 0) is 0 Å². The van der Waals surface area contributed by atoms with E-state index in [1.807, 2.05) is 0 Å². The van der Waals surface area contributed by atoms with Crippen molar-refractivity contribution in [2.45, 2.75) is 57.5 Å². The third-order valence-corrected chi connectivity index (χ3v) is 4.32. The number of hydrogen-bond donors (Lipinski definition) is 1. The minimum absolute atomic E-state index is 0.586. The molecule has 1 aliphatic heterocycles. The Labute approximate surface area is 118 Å². The van der Waals surface area contributed by atoms with Crippen LogP contribution < -0.4 is 5.73 Å². The van der Waals surface area contributed by atoms with Crippen molar-refractivity contribution in [3.05, 3.63) is 35.9 Å². The van der Waals surface area contributed by atoms with Crippen LogP contribution in [0.5, 0.6) is 0 Å². The Morgan fingerprint density at radius 1 is 1.26 bits per heavy atom. The molecule has 1 heterocycles. The van der Waals surface area contributed by atoms with Gasteiger partial charge >= 0.3 is 0 Å². The molecule has 1 aromatic carbocycles. The van der Waals surface area contributed by atoms with Crippen molar-refractivity contribution in [2.24, 2.45) is 5.73 Å². The van der Waals surface area contributed by atoms with Crippen LogP contribution >= 0.6 is 0 Å². The van der Waals surface area contributed by atoms with Crippen molar-refractivity contribution >= 4 is 0 Å². The highest BCUT2D eigenvalue weighted by Crippen LogP contribution is 2.32. The summed E-state index contributed by atoms with van der Waals surface area (Å²) < 4.78 is 0. The van der Waals surface area contributed by atoms with E-state index in [2.05, 4.69) is 42.2 Å². The van der Waals surface area contributed by atoms with Gasteiger partial charge in [-0.2, -0.15) is 0 Å². The first-order valence-electron chi connectivity index (χ1n) is 7.87. The molecule has 0 bridgehead atoms. The SMILES string of the molecule is CCCC(c1ccccc1)N1CCCCC1CCN. The first kappa shape index (κ1) is 14.5. The number of hydrogen-bond acceptors (Lipinski definition) is 2. The molecule has 0 saturated carbocycles. The van der Waals surface area contributed by atoms with Crippen molar-refractivity contribution in [3.8, 4) is 0 Å². The molecule has 1 aliphatic rings. The number of piperidine rings is 1. The summed E-state index contributed by atoms with van der Waals surface area (Å²) in [5, 5.41) is 0. The quantitative estimate of drug-likeness (QED) is 0.844. The van der Waals surface area contributed by atoms with Gasteiger partial charge in [0.15, 0.2) is 0 Å². The molecule has 1 aromatic rings. The van der Waals surface area contributed by atoms with Gasteiger partial charge in [-0.1, -0.05) is 50.1 Å². The van der Waals surface area contributed by atoms with Crippen molar-refractivity contribution in [1.82, 2.24) is 4.90 Å². The lowest BCUT2D eigenvalue weighted by atomic mass is 9.92. The molecule has 0 radical (unpaired) electrons. The average molecular weight is 260 g/mol. The maximum atomic E-state index is 5.81. The molecule has 2 rings (SSSR count). The van der Waals surface area contributed by atoms with Crippen molar-refractivity contribution < 1.29 is 0 Å². The summed E-state index contributed by atoms with van der Waals surface area (Å²) in [5.41, 5.74) is 7.29. The molecule has 1 fully saturated rings. The Hall–Kier alpha value is -0.860. The van der Waals surface area contributed by atoms with E-state index in [0.29, 0.717) is 12.1 Å². The van der Waals surface area contributed by atoms with Gasteiger partial charge in [-0.25, -0.2) is 0 Å². The average Bonchev–Trinajstić information content (AvgIpc) is 2.47. The Morgan fingerprint density at radius 2 is 2.05 bits per heavy atom. The van der Waals surface area contributed by atoms with Gasteiger partial charge < -0.3 is 5.73 Å². The Bertz CT molecular complexity index is 348. The summed E-state index contributed by atoms with van der Waals surface area (Å²) in [6.45, 7) is 4.34.